The molecule has 0 bridgehead atoms. The molecule has 0 saturated heterocycles. The van der Waals surface area contributed by atoms with Gasteiger partial charge in [-0.2, -0.15) is 0 Å². The first-order valence-corrected chi connectivity index (χ1v) is 6.29. The summed E-state index contributed by atoms with van der Waals surface area (Å²) < 4.78 is 6.02. The number of nitrogens with two attached hydrogens (primary N) is 1. The van der Waals surface area contributed by atoms with E-state index in [4.69, 9.17) is 10.5 Å². The van der Waals surface area contributed by atoms with Crippen molar-refractivity contribution in [2.75, 3.05) is 0 Å². The van der Waals surface area contributed by atoms with Gasteiger partial charge in [0.2, 0.25) is 0 Å². The Balaban J connectivity index is 2.79. The van der Waals surface area contributed by atoms with E-state index in [1.807, 2.05) is 6.07 Å². The van der Waals surface area contributed by atoms with Crippen LogP contribution in [-0.4, -0.2) is 11.6 Å². The molecule has 0 aliphatic heterocycles. The molecule has 3 heteroatoms. The average Bonchev–Trinajstić information content (AvgIpc) is 2.64. The number of thiophene rings is 1. The fourth-order valence-electron chi connectivity index (χ4n) is 1.40. The third-order valence-corrected chi connectivity index (χ3v) is 3.10. The van der Waals surface area contributed by atoms with Gasteiger partial charge in [-0.05, 0) is 38.6 Å². The van der Waals surface area contributed by atoms with Crippen LogP contribution in [0.2, 0.25) is 0 Å². The van der Waals surface area contributed by atoms with Crippen molar-refractivity contribution in [2.24, 2.45) is 5.73 Å². The monoisotopic (exact) mass is 227 g/mol. The molecule has 1 aromatic rings. The Bertz CT molecular complexity index is 276. The fourth-order valence-corrected chi connectivity index (χ4v) is 2.23. The van der Waals surface area contributed by atoms with Crippen LogP contribution in [0.15, 0.2) is 17.5 Å². The molecule has 2 unspecified atom stereocenters. The molecule has 0 saturated carbocycles. The van der Waals surface area contributed by atoms with Crippen LogP contribution in [0.25, 0.3) is 0 Å². The van der Waals surface area contributed by atoms with Crippen molar-refractivity contribution in [1.82, 2.24) is 0 Å². The lowest BCUT2D eigenvalue weighted by molar-refractivity contribution is -0.0712. The molecule has 1 heterocycles. The van der Waals surface area contributed by atoms with Crippen LogP contribution in [0.1, 0.15) is 45.1 Å². The minimum absolute atomic E-state index is 0.0231. The Kier molecular flexibility index (Phi) is 4.32. The minimum Gasteiger partial charge on any atom is -0.365 e. The van der Waals surface area contributed by atoms with E-state index < -0.39 is 0 Å². The van der Waals surface area contributed by atoms with E-state index in [1.54, 1.807) is 11.3 Å². The van der Waals surface area contributed by atoms with Gasteiger partial charge in [-0.3, -0.25) is 0 Å². The fraction of sp³-hybridized carbons (Fsp3) is 0.667. The van der Waals surface area contributed by atoms with Gasteiger partial charge in [0, 0.05) is 10.9 Å². The van der Waals surface area contributed by atoms with Crippen LogP contribution in [-0.2, 0) is 4.74 Å². The van der Waals surface area contributed by atoms with Gasteiger partial charge in [-0.15, -0.1) is 11.3 Å². The molecule has 0 aliphatic carbocycles. The summed E-state index contributed by atoms with van der Waals surface area (Å²) in [7, 11) is 0. The topological polar surface area (TPSA) is 35.2 Å². The van der Waals surface area contributed by atoms with Crippen LogP contribution in [0.4, 0.5) is 0 Å². The van der Waals surface area contributed by atoms with E-state index >= 15 is 0 Å². The SMILES string of the molecule is CCC(N)C(OC(C)(C)C)c1cccs1. The van der Waals surface area contributed by atoms with E-state index in [0.717, 1.165) is 6.42 Å². The maximum atomic E-state index is 6.10. The average molecular weight is 227 g/mol. The molecule has 0 amide bonds. The van der Waals surface area contributed by atoms with Crippen molar-refractivity contribution < 1.29 is 4.74 Å². The molecule has 0 radical (unpaired) electrons. The molecule has 0 spiro atoms. The Morgan fingerprint density at radius 1 is 1.47 bits per heavy atom. The first kappa shape index (κ1) is 12.7. The Morgan fingerprint density at radius 2 is 2.13 bits per heavy atom. The van der Waals surface area contributed by atoms with Gasteiger partial charge in [0.25, 0.3) is 0 Å². The van der Waals surface area contributed by atoms with Gasteiger partial charge in [0.1, 0.15) is 6.10 Å². The smallest absolute Gasteiger partial charge is 0.107 e. The van der Waals surface area contributed by atoms with Gasteiger partial charge in [-0.25, -0.2) is 0 Å². The largest absolute Gasteiger partial charge is 0.365 e. The zero-order valence-corrected chi connectivity index (χ0v) is 10.8. The summed E-state index contributed by atoms with van der Waals surface area (Å²) in [6, 6.07) is 4.21. The van der Waals surface area contributed by atoms with Crippen LogP contribution in [0, 0.1) is 0 Å². The van der Waals surface area contributed by atoms with Crippen molar-refractivity contribution in [2.45, 2.75) is 51.9 Å². The van der Waals surface area contributed by atoms with Crippen LogP contribution in [0.5, 0.6) is 0 Å². The van der Waals surface area contributed by atoms with E-state index in [2.05, 4.69) is 39.1 Å². The normalized spacial score (nSPS) is 16.3. The lowest BCUT2D eigenvalue weighted by Gasteiger charge is -2.30. The molecule has 2 atom stereocenters. The lowest BCUT2D eigenvalue weighted by atomic mass is 10.1. The molecule has 1 rings (SSSR count). The van der Waals surface area contributed by atoms with E-state index in [-0.39, 0.29) is 17.7 Å². The van der Waals surface area contributed by atoms with E-state index in [0.29, 0.717) is 0 Å². The highest BCUT2D eigenvalue weighted by Crippen LogP contribution is 2.30. The molecule has 0 aliphatic rings. The quantitative estimate of drug-likeness (QED) is 0.856. The zero-order valence-electron chi connectivity index (χ0n) is 9.99. The summed E-state index contributed by atoms with van der Waals surface area (Å²) in [5, 5.41) is 2.07. The summed E-state index contributed by atoms with van der Waals surface area (Å²) in [6.45, 7) is 8.29. The molecule has 2 nitrogen and oxygen atoms in total. The molecule has 2 N–H and O–H groups in total. The van der Waals surface area contributed by atoms with Crippen molar-refractivity contribution in [3.8, 4) is 0 Å². The molecular weight excluding hydrogens is 206 g/mol. The molecule has 0 fully saturated rings. The van der Waals surface area contributed by atoms with Gasteiger partial charge >= 0.3 is 0 Å². The highest BCUT2D eigenvalue weighted by atomic mass is 32.1. The molecule has 0 aromatic carbocycles. The summed E-state index contributed by atoms with van der Waals surface area (Å²) in [4.78, 5) is 1.22. The molecule has 1 aromatic heterocycles. The predicted octanol–water partition coefficient (Wildman–Crippen LogP) is 3.34. The highest BCUT2D eigenvalue weighted by Gasteiger charge is 2.25. The van der Waals surface area contributed by atoms with Crippen molar-refractivity contribution >= 4 is 11.3 Å². The van der Waals surface area contributed by atoms with E-state index in [9.17, 15) is 0 Å². The molecular formula is C12H21NOS. The molecule has 86 valence electrons. The summed E-state index contributed by atoms with van der Waals surface area (Å²) in [6.07, 6.45) is 0.952. The van der Waals surface area contributed by atoms with Gasteiger partial charge < -0.3 is 10.5 Å². The van der Waals surface area contributed by atoms with Crippen molar-refractivity contribution in [3.05, 3.63) is 22.4 Å². The molecule has 15 heavy (non-hydrogen) atoms. The zero-order chi connectivity index (χ0) is 11.5. The second-order valence-corrected chi connectivity index (χ2v) is 5.72. The summed E-state index contributed by atoms with van der Waals surface area (Å²) in [5.41, 5.74) is 5.95. The second kappa shape index (κ2) is 5.10. The predicted molar refractivity (Wildman–Crippen MR) is 66.2 cm³/mol. The Hall–Kier alpha value is -0.380. The number of hydrogen-bond acceptors (Lipinski definition) is 3. The van der Waals surface area contributed by atoms with Crippen LogP contribution in [0.3, 0.4) is 0 Å². The van der Waals surface area contributed by atoms with Crippen LogP contribution >= 0.6 is 11.3 Å². The first-order valence-electron chi connectivity index (χ1n) is 5.41. The van der Waals surface area contributed by atoms with E-state index in [1.165, 1.54) is 4.88 Å². The highest BCUT2D eigenvalue weighted by molar-refractivity contribution is 7.10. The Labute approximate surface area is 96.4 Å². The van der Waals surface area contributed by atoms with Gasteiger partial charge in [0.05, 0.1) is 5.60 Å². The summed E-state index contributed by atoms with van der Waals surface area (Å²) in [5.74, 6) is 0. The number of hydrogen-bond donors (Lipinski definition) is 1. The minimum atomic E-state index is -0.151. The third kappa shape index (κ3) is 3.93. The number of ether oxygens (including phenoxy) is 1. The van der Waals surface area contributed by atoms with Gasteiger partial charge in [0.15, 0.2) is 0 Å². The standard InChI is InChI=1S/C12H21NOS/c1-5-9(13)11(14-12(2,3)4)10-7-6-8-15-10/h6-9,11H,5,13H2,1-4H3. The van der Waals surface area contributed by atoms with Crippen molar-refractivity contribution in [1.29, 1.82) is 0 Å². The van der Waals surface area contributed by atoms with Crippen LogP contribution < -0.4 is 5.73 Å². The Morgan fingerprint density at radius 3 is 2.53 bits per heavy atom. The van der Waals surface area contributed by atoms with Gasteiger partial charge in [-0.1, -0.05) is 13.0 Å². The lowest BCUT2D eigenvalue weighted by Crippen LogP contribution is -2.34. The second-order valence-electron chi connectivity index (χ2n) is 4.74. The maximum absolute atomic E-state index is 6.10. The summed E-state index contributed by atoms with van der Waals surface area (Å²) >= 11 is 1.71. The third-order valence-electron chi connectivity index (χ3n) is 2.16. The van der Waals surface area contributed by atoms with Crippen molar-refractivity contribution in [3.63, 3.8) is 0 Å². The number of rotatable bonds is 4. The first-order chi connectivity index (χ1) is 6.94. The maximum Gasteiger partial charge on any atom is 0.107 e.